The number of fused-ring (bicyclic) bond motifs is 2. The van der Waals surface area contributed by atoms with Crippen LogP contribution in [0, 0.1) is 0 Å². The summed E-state index contributed by atoms with van der Waals surface area (Å²) in [4.78, 5) is 32.5. The highest BCUT2D eigenvalue weighted by atomic mass is 19.4. The lowest BCUT2D eigenvalue weighted by molar-refractivity contribution is -0.154. The number of rotatable bonds is 5. The third kappa shape index (κ3) is 4.18. The van der Waals surface area contributed by atoms with Crippen LogP contribution in [0.5, 0.6) is 5.88 Å². The Morgan fingerprint density at radius 1 is 1.11 bits per heavy atom. The van der Waals surface area contributed by atoms with Crippen LogP contribution in [0.1, 0.15) is 41.0 Å². The number of imide groups is 1. The van der Waals surface area contributed by atoms with Crippen molar-refractivity contribution in [1.29, 1.82) is 0 Å². The van der Waals surface area contributed by atoms with Crippen molar-refractivity contribution in [1.82, 2.24) is 30.2 Å². The van der Waals surface area contributed by atoms with E-state index in [0.29, 0.717) is 16.9 Å². The van der Waals surface area contributed by atoms with E-state index in [-0.39, 0.29) is 24.3 Å². The normalized spacial score (nSPS) is 21.9. The summed E-state index contributed by atoms with van der Waals surface area (Å²) in [5.74, 6) is -0.856. The van der Waals surface area contributed by atoms with E-state index in [0.717, 1.165) is 22.9 Å². The van der Waals surface area contributed by atoms with Crippen LogP contribution in [0.25, 0.3) is 16.6 Å². The number of amides is 3. The molecule has 0 radical (unpaired) electrons. The van der Waals surface area contributed by atoms with Gasteiger partial charge in [0.1, 0.15) is 0 Å². The largest absolute Gasteiger partial charge is 0.468 e. The van der Waals surface area contributed by atoms with Gasteiger partial charge in [-0.05, 0) is 42.0 Å². The molecule has 6 rings (SSSR count). The first-order chi connectivity index (χ1) is 17.2. The van der Waals surface area contributed by atoms with Gasteiger partial charge in [-0.2, -0.15) is 18.3 Å². The Bertz CT molecular complexity index is 1520. The monoisotopic (exact) mass is 496 g/mol. The lowest BCUT2D eigenvalue weighted by Gasteiger charge is -2.22. The number of nitrogens with zero attached hydrogens (tertiary/aromatic N) is 4. The van der Waals surface area contributed by atoms with Gasteiger partial charge in [0.2, 0.25) is 11.8 Å². The molecule has 1 aliphatic heterocycles. The summed E-state index contributed by atoms with van der Waals surface area (Å²) < 4.78 is 44.0. The zero-order valence-electron chi connectivity index (χ0n) is 18.6. The van der Waals surface area contributed by atoms with Crippen LogP contribution < -0.4 is 15.4 Å². The van der Waals surface area contributed by atoms with Gasteiger partial charge in [0, 0.05) is 36.0 Å². The highest BCUT2D eigenvalue weighted by molar-refractivity contribution is 6.00. The van der Waals surface area contributed by atoms with Gasteiger partial charge in [0.05, 0.1) is 17.1 Å². The van der Waals surface area contributed by atoms with Gasteiger partial charge in [0.15, 0.2) is 12.3 Å². The molecule has 0 bridgehead atoms. The first kappa shape index (κ1) is 22.3. The van der Waals surface area contributed by atoms with Crippen LogP contribution in [0.2, 0.25) is 0 Å². The quantitative estimate of drug-likeness (QED) is 0.438. The smallest absolute Gasteiger partial charge is 0.422 e. The Labute approximate surface area is 201 Å². The maximum Gasteiger partial charge on any atom is 0.422 e. The van der Waals surface area contributed by atoms with Gasteiger partial charge in [-0.1, -0.05) is 12.1 Å². The number of alkyl halides is 3. The van der Waals surface area contributed by atoms with Crippen molar-refractivity contribution >= 4 is 28.5 Å². The number of carbonyl (C=O) groups excluding carboxylic acids is 2. The number of hydrogen-bond donors (Lipinski definition) is 2. The Morgan fingerprint density at radius 3 is 2.75 bits per heavy atom. The molecular weight excluding hydrogens is 477 g/mol. The summed E-state index contributed by atoms with van der Waals surface area (Å²) in [7, 11) is 0. The molecule has 1 aromatic carbocycles. The number of ether oxygens (including phenoxy) is 1. The number of halogens is 3. The van der Waals surface area contributed by atoms with E-state index in [9.17, 15) is 22.8 Å². The SMILES string of the molecule is O=C1NCC(c2cc([C@H]3C[C@@H]3c3ccc4ccc(OCC(F)(F)F)nc4c3)c3nccn3n2)C(=O)N1. The number of hydrogen-bond acceptors (Lipinski definition) is 6. The standard InChI is InChI=1S/C24H19F3N6O3/c25-24(26,27)11-36-20-4-3-12-1-2-13(7-18(12)30-20)14-8-15(14)16-9-19(32-33-6-5-28-21(16)33)17-10-29-23(35)31-22(17)34/h1-7,9,14-15,17H,8,10-11H2,(H2,29,31,34,35)/t14-,15+,17?/m1/s1. The summed E-state index contributed by atoms with van der Waals surface area (Å²) in [5, 5.41) is 10.2. The summed E-state index contributed by atoms with van der Waals surface area (Å²) in [5.41, 5.74) is 3.71. The second kappa shape index (κ2) is 8.18. The lowest BCUT2D eigenvalue weighted by Crippen LogP contribution is -2.51. The minimum absolute atomic E-state index is 0.0833. The first-order valence-corrected chi connectivity index (χ1v) is 11.3. The molecule has 9 nitrogen and oxygen atoms in total. The number of aromatic nitrogens is 4. The molecule has 36 heavy (non-hydrogen) atoms. The van der Waals surface area contributed by atoms with E-state index in [1.165, 1.54) is 6.07 Å². The number of imidazole rings is 1. The van der Waals surface area contributed by atoms with Crippen LogP contribution >= 0.6 is 0 Å². The maximum absolute atomic E-state index is 12.5. The van der Waals surface area contributed by atoms with Crippen LogP contribution in [0.15, 0.2) is 48.8 Å². The van der Waals surface area contributed by atoms with E-state index in [1.54, 1.807) is 23.0 Å². The van der Waals surface area contributed by atoms with Crippen LogP contribution in [-0.4, -0.2) is 50.8 Å². The third-order valence-corrected chi connectivity index (χ3v) is 6.48. The molecule has 4 heterocycles. The van der Waals surface area contributed by atoms with Gasteiger partial charge < -0.3 is 10.1 Å². The van der Waals surface area contributed by atoms with Crippen LogP contribution in [0.4, 0.5) is 18.0 Å². The molecule has 2 fully saturated rings. The Hall–Kier alpha value is -4.22. The molecule has 2 N–H and O–H groups in total. The molecular formula is C24H19F3N6O3. The predicted molar refractivity (Wildman–Crippen MR) is 121 cm³/mol. The zero-order chi connectivity index (χ0) is 25.0. The molecule has 3 aromatic heterocycles. The fourth-order valence-corrected chi connectivity index (χ4v) is 4.66. The molecule has 3 atom stereocenters. The molecule has 1 unspecified atom stereocenters. The second-order valence-corrected chi connectivity index (χ2v) is 8.93. The average Bonchev–Trinajstić information content (AvgIpc) is 3.49. The average molecular weight is 496 g/mol. The lowest BCUT2D eigenvalue weighted by atomic mass is 9.98. The first-order valence-electron chi connectivity index (χ1n) is 11.3. The van der Waals surface area contributed by atoms with Crippen molar-refractivity contribution in [3.05, 3.63) is 65.6 Å². The zero-order valence-corrected chi connectivity index (χ0v) is 18.6. The molecule has 184 valence electrons. The van der Waals surface area contributed by atoms with Crippen molar-refractivity contribution in [3.63, 3.8) is 0 Å². The number of benzene rings is 1. The topological polar surface area (TPSA) is 111 Å². The summed E-state index contributed by atoms with van der Waals surface area (Å²) >= 11 is 0. The van der Waals surface area contributed by atoms with E-state index in [4.69, 9.17) is 4.74 Å². The van der Waals surface area contributed by atoms with Crippen LogP contribution in [0.3, 0.4) is 0 Å². The number of urea groups is 1. The summed E-state index contributed by atoms with van der Waals surface area (Å²) in [6.45, 7) is -1.25. The van der Waals surface area contributed by atoms with Gasteiger partial charge in [-0.15, -0.1) is 0 Å². The predicted octanol–water partition coefficient (Wildman–Crippen LogP) is 3.41. The van der Waals surface area contributed by atoms with Crippen molar-refractivity contribution in [2.24, 2.45) is 0 Å². The Balaban J connectivity index is 1.29. The molecule has 1 saturated heterocycles. The molecule has 0 spiro atoms. The van der Waals surface area contributed by atoms with E-state index >= 15 is 0 Å². The fourth-order valence-electron chi connectivity index (χ4n) is 4.66. The molecule has 1 aliphatic carbocycles. The molecule has 3 amide bonds. The van der Waals surface area contributed by atoms with E-state index in [2.05, 4.69) is 25.7 Å². The summed E-state index contributed by atoms with van der Waals surface area (Å²) in [6, 6.07) is 10.2. The van der Waals surface area contributed by atoms with Gasteiger partial charge in [-0.25, -0.2) is 19.3 Å². The molecule has 4 aromatic rings. The maximum atomic E-state index is 12.5. The minimum atomic E-state index is -4.44. The highest BCUT2D eigenvalue weighted by Crippen LogP contribution is 2.55. The van der Waals surface area contributed by atoms with Gasteiger partial charge in [-0.3, -0.25) is 10.1 Å². The van der Waals surface area contributed by atoms with Crippen molar-refractivity contribution in [2.45, 2.75) is 30.4 Å². The Morgan fingerprint density at radius 2 is 1.94 bits per heavy atom. The molecule has 1 saturated carbocycles. The Kier molecular flexibility index (Phi) is 5.06. The number of pyridine rings is 1. The molecule has 2 aliphatic rings. The van der Waals surface area contributed by atoms with Gasteiger partial charge in [0.25, 0.3) is 0 Å². The number of nitrogens with one attached hydrogen (secondary N) is 2. The second-order valence-electron chi connectivity index (χ2n) is 8.93. The van der Waals surface area contributed by atoms with Crippen LogP contribution in [-0.2, 0) is 4.79 Å². The third-order valence-electron chi connectivity index (χ3n) is 6.48. The van der Waals surface area contributed by atoms with Crippen molar-refractivity contribution in [2.75, 3.05) is 13.2 Å². The van der Waals surface area contributed by atoms with Crippen molar-refractivity contribution in [3.8, 4) is 5.88 Å². The van der Waals surface area contributed by atoms with Crippen molar-refractivity contribution < 1.29 is 27.5 Å². The van der Waals surface area contributed by atoms with E-state index < -0.39 is 30.6 Å². The minimum Gasteiger partial charge on any atom is -0.468 e. The molecule has 12 heteroatoms. The van der Waals surface area contributed by atoms with Gasteiger partial charge >= 0.3 is 12.2 Å². The fraction of sp³-hybridized carbons (Fsp3) is 0.292. The number of carbonyl (C=O) groups is 2. The van der Waals surface area contributed by atoms with E-state index in [1.807, 2.05) is 24.3 Å². The summed E-state index contributed by atoms with van der Waals surface area (Å²) in [6.07, 6.45) is -0.264. The highest BCUT2D eigenvalue weighted by Gasteiger charge is 2.42.